The quantitative estimate of drug-likeness (QED) is 0.918. The van der Waals surface area contributed by atoms with E-state index in [1.54, 1.807) is 6.20 Å². The van der Waals surface area contributed by atoms with Gasteiger partial charge < -0.3 is 9.84 Å². The van der Waals surface area contributed by atoms with Crippen LogP contribution in [0, 0.1) is 6.92 Å². The van der Waals surface area contributed by atoms with Crippen molar-refractivity contribution in [1.82, 2.24) is 4.98 Å². The van der Waals surface area contributed by atoms with Gasteiger partial charge in [-0.25, -0.2) is 4.98 Å². The van der Waals surface area contributed by atoms with E-state index in [9.17, 15) is 0 Å². The summed E-state index contributed by atoms with van der Waals surface area (Å²) in [5.74, 6) is 1.36. The van der Waals surface area contributed by atoms with Gasteiger partial charge in [-0.1, -0.05) is 32.9 Å². The highest BCUT2D eigenvalue weighted by molar-refractivity contribution is 5.37. The van der Waals surface area contributed by atoms with E-state index < -0.39 is 0 Å². The molecule has 0 saturated heterocycles. The second-order valence-electron chi connectivity index (χ2n) is 6.00. The van der Waals surface area contributed by atoms with E-state index >= 15 is 0 Å². The summed E-state index contributed by atoms with van der Waals surface area (Å²) in [6.45, 7) is 8.44. The van der Waals surface area contributed by atoms with Gasteiger partial charge >= 0.3 is 0 Å². The fraction of sp³-hybridized carbons (Fsp3) is 0.353. The zero-order valence-electron chi connectivity index (χ0n) is 12.5. The van der Waals surface area contributed by atoms with Crippen molar-refractivity contribution in [3.63, 3.8) is 0 Å². The van der Waals surface area contributed by atoms with E-state index in [-0.39, 0.29) is 12.0 Å². The number of nitrogens with zero attached hydrogens (tertiary/aromatic N) is 1. The van der Waals surface area contributed by atoms with Gasteiger partial charge in [-0.3, -0.25) is 0 Å². The maximum absolute atomic E-state index is 9.09. The first-order valence-electron chi connectivity index (χ1n) is 6.75. The zero-order valence-corrected chi connectivity index (χ0v) is 12.5. The first-order chi connectivity index (χ1) is 9.40. The minimum atomic E-state index is -0.00632. The molecule has 0 saturated carbocycles. The SMILES string of the molecule is Cc1cc(CO)cnc1Oc1cccc(C(C)(C)C)c1. The number of hydrogen-bond donors (Lipinski definition) is 1. The van der Waals surface area contributed by atoms with Crippen molar-refractivity contribution in [2.45, 2.75) is 39.7 Å². The third-order valence-corrected chi connectivity index (χ3v) is 3.18. The van der Waals surface area contributed by atoms with Crippen molar-refractivity contribution in [3.8, 4) is 11.6 Å². The van der Waals surface area contributed by atoms with Crippen molar-refractivity contribution in [3.05, 3.63) is 53.2 Å². The van der Waals surface area contributed by atoms with Crippen molar-refractivity contribution >= 4 is 0 Å². The molecule has 1 heterocycles. The predicted molar refractivity (Wildman–Crippen MR) is 80.1 cm³/mol. The molecular weight excluding hydrogens is 250 g/mol. The molecule has 3 heteroatoms. The lowest BCUT2D eigenvalue weighted by Gasteiger charge is -2.19. The third-order valence-electron chi connectivity index (χ3n) is 3.18. The van der Waals surface area contributed by atoms with E-state index in [0.717, 1.165) is 16.9 Å². The summed E-state index contributed by atoms with van der Waals surface area (Å²) in [7, 11) is 0. The van der Waals surface area contributed by atoms with Gasteiger partial charge in [0.2, 0.25) is 5.88 Å². The molecule has 0 aliphatic rings. The summed E-state index contributed by atoms with van der Waals surface area (Å²) in [4.78, 5) is 4.25. The molecule has 2 aromatic rings. The van der Waals surface area contributed by atoms with Gasteiger partial charge in [0, 0.05) is 11.8 Å². The highest BCUT2D eigenvalue weighted by Crippen LogP contribution is 2.28. The third kappa shape index (κ3) is 3.36. The Labute approximate surface area is 120 Å². The molecule has 1 N–H and O–H groups in total. The smallest absolute Gasteiger partial charge is 0.222 e. The van der Waals surface area contributed by atoms with Gasteiger partial charge in [-0.2, -0.15) is 0 Å². The highest BCUT2D eigenvalue weighted by atomic mass is 16.5. The van der Waals surface area contributed by atoms with Gasteiger partial charge in [-0.15, -0.1) is 0 Å². The number of pyridine rings is 1. The Morgan fingerprint density at radius 1 is 1.20 bits per heavy atom. The summed E-state index contributed by atoms with van der Waals surface area (Å²) >= 11 is 0. The topological polar surface area (TPSA) is 42.4 Å². The number of rotatable bonds is 3. The normalized spacial score (nSPS) is 11.4. The average Bonchev–Trinajstić information content (AvgIpc) is 2.40. The van der Waals surface area contributed by atoms with Crippen LogP contribution in [0.25, 0.3) is 0 Å². The van der Waals surface area contributed by atoms with Crippen LogP contribution in [-0.4, -0.2) is 10.1 Å². The molecule has 106 valence electrons. The van der Waals surface area contributed by atoms with E-state index in [4.69, 9.17) is 9.84 Å². The van der Waals surface area contributed by atoms with Crippen molar-refractivity contribution in [1.29, 1.82) is 0 Å². The minimum absolute atomic E-state index is 0.00632. The van der Waals surface area contributed by atoms with Gasteiger partial charge in [0.15, 0.2) is 0 Å². The van der Waals surface area contributed by atoms with E-state index in [1.165, 1.54) is 5.56 Å². The Balaban J connectivity index is 2.26. The Hall–Kier alpha value is -1.87. The number of aromatic nitrogens is 1. The molecule has 0 fully saturated rings. The van der Waals surface area contributed by atoms with E-state index in [1.807, 2.05) is 31.2 Å². The monoisotopic (exact) mass is 271 g/mol. The largest absolute Gasteiger partial charge is 0.439 e. The molecule has 0 amide bonds. The Kier molecular flexibility index (Phi) is 4.09. The number of ether oxygens (including phenoxy) is 1. The summed E-state index contributed by atoms with van der Waals surface area (Å²) in [5, 5.41) is 9.09. The maximum Gasteiger partial charge on any atom is 0.222 e. The molecule has 0 unspecified atom stereocenters. The molecule has 3 nitrogen and oxygen atoms in total. The summed E-state index contributed by atoms with van der Waals surface area (Å²) in [6.07, 6.45) is 1.63. The van der Waals surface area contributed by atoms with Crippen LogP contribution in [-0.2, 0) is 12.0 Å². The molecule has 20 heavy (non-hydrogen) atoms. The number of hydrogen-bond acceptors (Lipinski definition) is 3. The van der Waals surface area contributed by atoms with Crippen LogP contribution in [0.1, 0.15) is 37.5 Å². The van der Waals surface area contributed by atoms with Crippen LogP contribution in [0.15, 0.2) is 36.5 Å². The highest BCUT2D eigenvalue weighted by Gasteiger charge is 2.14. The Bertz CT molecular complexity index is 600. The van der Waals surface area contributed by atoms with Gasteiger partial charge in [0.05, 0.1) is 6.61 Å². The van der Waals surface area contributed by atoms with Crippen LogP contribution < -0.4 is 4.74 Å². The predicted octanol–water partition coefficient (Wildman–Crippen LogP) is 3.97. The fourth-order valence-electron chi connectivity index (χ4n) is 1.95. The van der Waals surface area contributed by atoms with Crippen LogP contribution >= 0.6 is 0 Å². The molecular formula is C17H21NO2. The van der Waals surface area contributed by atoms with E-state index in [2.05, 4.69) is 31.8 Å². The van der Waals surface area contributed by atoms with Crippen LogP contribution in [0.3, 0.4) is 0 Å². The van der Waals surface area contributed by atoms with Crippen molar-refractivity contribution < 1.29 is 9.84 Å². The van der Waals surface area contributed by atoms with E-state index in [0.29, 0.717) is 5.88 Å². The van der Waals surface area contributed by atoms with Crippen molar-refractivity contribution in [2.75, 3.05) is 0 Å². The van der Waals surface area contributed by atoms with Gasteiger partial charge in [0.1, 0.15) is 5.75 Å². The average molecular weight is 271 g/mol. The molecule has 0 aliphatic heterocycles. The minimum Gasteiger partial charge on any atom is -0.439 e. The Morgan fingerprint density at radius 2 is 1.95 bits per heavy atom. The summed E-state index contributed by atoms with van der Waals surface area (Å²) in [5.41, 5.74) is 3.01. The lowest BCUT2D eigenvalue weighted by atomic mass is 9.87. The molecule has 2 rings (SSSR count). The molecule has 0 aliphatic carbocycles. The van der Waals surface area contributed by atoms with Crippen molar-refractivity contribution in [2.24, 2.45) is 0 Å². The number of aliphatic hydroxyl groups is 1. The molecule has 0 atom stereocenters. The number of aryl methyl sites for hydroxylation is 1. The lowest BCUT2D eigenvalue weighted by molar-refractivity contribution is 0.281. The number of aliphatic hydroxyl groups excluding tert-OH is 1. The lowest BCUT2D eigenvalue weighted by Crippen LogP contribution is -2.10. The maximum atomic E-state index is 9.09. The standard InChI is InChI=1S/C17H21NO2/c1-12-8-13(11-19)10-18-16(12)20-15-7-5-6-14(9-15)17(2,3)4/h5-10,19H,11H2,1-4H3. The number of benzene rings is 1. The summed E-state index contributed by atoms with van der Waals surface area (Å²) in [6, 6.07) is 9.95. The van der Waals surface area contributed by atoms with Crippen LogP contribution in [0.5, 0.6) is 11.6 Å². The molecule has 0 radical (unpaired) electrons. The molecule has 1 aromatic carbocycles. The van der Waals surface area contributed by atoms with Gasteiger partial charge in [0.25, 0.3) is 0 Å². The second kappa shape index (κ2) is 5.63. The first-order valence-corrected chi connectivity index (χ1v) is 6.75. The molecule has 0 spiro atoms. The molecule has 0 bridgehead atoms. The fourth-order valence-corrected chi connectivity index (χ4v) is 1.95. The van der Waals surface area contributed by atoms with Crippen LogP contribution in [0.4, 0.5) is 0 Å². The second-order valence-corrected chi connectivity index (χ2v) is 6.00. The molecule has 1 aromatic heterocycles. The summed E-state index contributed by atoms with van der Waals surface area (Å²) < 4.78 is 5.85. The van der Waals surface area contributed by atoms with Gasteiger partial charge in [-0.05, 0) is 41.7 Å². The Morgan fingerprint density at radius 3 is 2.55 bits per heavy atom. The first kappa shape index (κ1) is 14.5. The van der Waals surface area contributed by atoms with Crippen LogP contribution in [0.2, 0.25) is 0 Å². The zero-order chi connectivity index (χ0) is 14.8.